The monoisotopic (exact) mass is 421 g/mol. The van der Waals surface area contributed by atoms with Gasteiger partial charge in [-0.15, -0.1) is 0 Å². The summed E-state index contributed by atoms with van der Waals surface area (Å²) >= 11 is 0. The molecule has 4 rings (SSSR count). The third-order valence-electron chi connectivity index (χ3n) is 6.77. The number of hydrogen-bond donors (Lipinski definition) is 1. The van der Waals surface area contributed by atoms with Gasteiger partial charge in [0.05, 0.1) is 11.6 Å². The van der Waals surface area contributed by atoms with E-state index in [1.54, 1.807) is 6.20 Å². The molecular weight excluding hydrogens is 386 g/mol. The van der Waals surface area contributed by atoms with Crippen LogP contribution < -0.4 is 5.32 Å². The number of pyridine rings is 2. The maximum Gasteiger partial charge on any atom is 0.224 e. The topological polar surface area (TPSA) is 61.4 Å². The molecule has 1 N–H and O–H groups in total. The maximum atomic E-state index is 12.7. The third-order valence-corrected chi connectivity index (χ3v) is 6.77. The Hall–Kier alpha value is -2.31. The Morgan fingerprint density at radius 2 is 1.97 bits per heavy atom. The first-order valence-corrected chi connectivity index (χ1v) is 11.8. The van der Waals surface area contributed by atoms with Gasteiger partial charge in [0.25, 0.3) is 0 Å². The first-order chi connectivity index (χ1) is 15.2. The summed E-state index contributed by atoms with van der Waals surface area (Å²) in [5.74, 6) is 0.289. The number of likely N-dealkylation sites (tertiary alicyclic amines) is 2. The molecule has 1 unspecified atom stereocenters. The van der Waals surface area contributed by atoms with E-state index < -0.39 is 0 Å². The van der Waals surface area contributed by atoms with Gasteiger partial charge in [-0.2, -0.15) is 0 Å². The lowest BCUT2D eigenvalue weighted by molar-refractivity contribution is -0.127. The number of nitrogens with zero attached hydrogens (tertiary/aromatic N) is 4. The summed E-state index contributed by atoms with van der Waals surface area (Å²) in [6.07, 6.45) is 11.1. The molecule has 2 aliphatic rings. The second kappa shape index (κ2) is 10.8. The molecule has 0 aliphatic carbocycles. The van der Waals surface area contributed by atoms with E-state index in [4.69, 9.17) is 0 Å². The van der Waals surface area contributed by atoms with E-state index in [9.17, 15) is 4.79 Å². The van der Waals surface area contributed by atoms with Crippen LogP contribution in [0.15, 0.2) is 42.9 Å². The summed E-state index contributed by atoms with van der Waals surface area (Å²) in [6.45, 7) is 7.90. The van der Waals surface area contributed by atoms with Crippen molar-refractivity contribution in [3.63, 3.8) is 0 Å². The fourth-order valence-electron chi connectivity index (χ4n) is 4.82. The summed E-state index contributed by atoms with van der Waals surface area (Å²) < 4.78 is 0. The van der Waals surface area contributed by atoms with Crippen molar-refractivity contribution in [2.45, 2.75) is 58.2 Å². The first-order valence-electron chi connectivity index (χ1n) is 11.8. The minimum absolute atomic E-state index is 0.102. The van der Waals surface area contributed by atoms with Gasteiger partial charge in [0.1, 0.15) is 0 Å². The van der Waals surface area contributed by atoms with Crippen LogP contribution in [0.3, 0.4) is 0 Å². The molecule has 2 fully saturated rings. The second-order valence-electron chi connectivity index (χ2n) is 8.93. The maximum absolute atomic E-state index is 12.7. The van der Waals surface area contributed by atoms with Crippen molar-refractivity contribution in [2.75, 3.05) is 26.2 Å². The van der Waals surface area contributed by atoms with Crippen LogP contribution in [0.5, 0.6) is 0 Å². The number of rotatable bonds is 7. The Morgan fingerprint density at radius 1 is 1.10 bits per heavy atom. The van der Waals surface area contributed by atoms with Gasteiger partial charge in [-0.05, 0) is 61.9 Å². The smallest absolute Gasteiger partial charge is 0.224 e. The highest BCUT2D eigenvalue weighted by Crippen LogP contribution is 2.24. The predicted molar refractivity (Wildman–Crippen MR) is 122 cm³/mol. The number of aryl methyl sites for hydroxylation is 1. The molecule has 0 saturated carbocycles. The lowest BCUT2D eigenvalue weighted by atomic mass is 9.93. The number of carbonyl (C=O) groups excluding carboxylic acids is 1. The molecular formula is C25H35N5O. The van der Waals surface area contributed by atoms with Crippen LogP contribution in [0.1, 0.15) is 49.4 Å². The van der Waals surface area contributed by atoms with Crippen LogP contribution >= 0.6 is 0 Å². The van der Waals surface area contributed by atoms with Crippen molar-refractivity contribution in [1.29, 1.82) is 0 Å². The van der Waals surface area contributed by atoms with Gasteiger partial charge < -0.3 is 5.32 Å². The summed E-state index contributed by atoms with van der Waals surface area (Å²) in [5, 5.41) is 3.11. The zero-order valence-electron chi connectivity index (χ0n) is 18.7. The molecule has 4 heterocycles. The number of amides is 1. The molecule has 2 saturated heterocycles. The molecule has 6 heteroatoms. The zero-order chi connectivity index (χ0) is 21.5. The molecule has 0 bridgehead atoms. The van der Waals surface area contributed by atoms with Gasteiger partial charge in [-0.1, -0.05) is 19.1 Å². The molecule has 0 radical (unpaired) electrons. The van der Waals surface area contributed by atoms with Gasteiger partial charge in [0.2, 0.25) is 5.91 Å². The molecule has 6 nitrogen and oxygen atoms in total. The lowest BCUT2D eigenvalue weighted by Gasteiger charge is -2.42. The highest BCUT2D eigenvalue weighted by Gasteiger charge is 2.31. The fourth-order valence-corrected chi connectivity index (χ4v) is 4.82. The van der Waals surface area contributed by atoms with Gasteiger partial charge in [0, 0.05) is 57.4 Å². The summed E-state index contributed by atoms with van der Waals surface area (Å²) in [4.78, 5) is 26.6. The summed E-state index contributed by atoms with van der Waals surface area (Å²) in [6, 6.07) is 8.88. The molecule has 2 aliphatic heterocycles. The summed E-state index contributed by atoms with van der Waals surface area (Å²) in [7, 11) is 0. The minimum atomic E-state index is 0.102. The fraction of sp³-hybridized carbons (Fsp3) is 0.560. The van der Waals surface area contributed by atoms with Crippen LogP contribution in [0.4, 0.5) is 0 Å². The van der Waals surface area contributed by atoms with Crippen LogP contribution in [0.25, 0.3) is 0 Å². The molecule has 0 aromatic carbocycles. The van der Waals surface area contributed by atoms with Crippen LogP contribution in [0.2, 0.25) is 0 Å². The normalized spacial score (nSPS) is 21.1. The third kappa shape index (κ3) is 6.11. The van der Waals surface area contributed by atoms with Crippen molar-refractivity contribution in [3.8, 4) is 0 Å². The molecule has 2 aromatic rings. The quantitative estimate of drug-likeness (QED) is 0.745. The molecule has 0 spiro atoms. The largest absolute Gasteiger partial charge is 0.352 e. The van der Waals surface area contributed by atoms with Gasteiger partial charge >= 0.3 is 0 Å². The van der Waals surface area contributed by atoms with E-state index in [-0.39, 0.29) is 11.8 Å². The van der Waals surface area contributed by atoms with Gasteiger partial charge in [-0.25, -0.2) is 0 Å². The molecule has 2 aromatic heterocycles. The van der Waals surface area contributed by atoms with Crippen LogP contribution in [0, 0.1) is 5.92 Å². The van der Waals surface area contributed by atoms with Crippen molar-refractivity contribution in [2.24, 2.45) is 5.92 Å². The second-order valence-corrected chi connectivity index (χ2v) is 8.93. The zero-order valence-corrected chi connectivity index (χ0v) is 18.7. The number of aromatic nitrogens is 2. The predicted octanol–water partition coefficient (Wildman–Crippen LogP) is 3.03. The van der Waals surface area contributed by atoms with E-state index >= 15 is 0 Å². The van der Waals surface area contributed by atoms with E-state index in [2.05, 4.69) is 44.1 Å². The molecule has 166 valence electrons. The number of nitrogens with one attached hydrogen (secondary N) is 1. The Balaban J connectivity index is 1.22. The number of piperidine rings is 2. The van der Waals surface area contributed by atoms with Crippen molar-refractivity contribution >= 4 is 5.91 Å². The lowest BCUT2D eigenvalue weighted by Crippen LogP contribution is -2.50. The molecule has 31 heavy (non-hydrogen) atoms. The summed E-state index contributed by atoms with van der Waals surface area (Å²) in [5.41, 5.74) is 3.51. The average Bonchev–Trinajstić information content (AvgIpc) is 2.84. The average molecular weight is 422 g/mol. The standard InChI is InChI=1S/C25H35N5O/c1-2-20-7-8-23(27-16-20)19-29-13-9-24(10-14-29)30-12-4-6-22(18-30)25(31)28-17-21-5-3-11-26-15-21/h3,5,7-8,11,15-16,22,24H,2,4,6,9-10,12-14,17-19H2,1H3,(H,28,31). The Kier molecular flexibility index (Phi) is 7.65. The minimum Gasteiger partial charge on any atom is -0.352 e. The molecule has 1 atom stereocenters. The van der Waals surface area contributed by atoms with E-state index in [1.807, 2.05) is 24.5 Å². The highest BCUT2D eigenvalue weighted by molar-refractivity contribution is 5.78. The van der Waals surface area contributed by atoms with Crippen LogP contribution in [-0.4, -0.2) is 57.9 Å². The van der Waals surface area contributed by atoms with Crippen molar-refractivity contribution < 1.29 is 4.79 Å². The molecule has 1 amide bonds. The number of hydrogen-bond acceptors (Lipinski definition) is 5. The Labute approximate surface area is 186 Å². The number of carbonyl (C=O) groups is 1. The highest BCUT2D eigenvalue weighted by atomic mass is 16.1. The van der Waals surface area contributed by atoms with Crippen molar-refractivity contribution in [3.05, 3.63) is 59.7 Å². The van der Waals surface area contributed by atoms with E-state index in [0.29, 0.717) is 12.6 Å². The van der Waals surface area contributed by atoms with Crippen LogP contribution in [-0.2, 0) is 24.3 Å². The first kappa shape index (κ1) is 21.9. The van der Waals surface area contributed by atoms with E-state index in [1.165, 1.54) is 24.1 Å². The van der Waals surface area contributed by atoms with E-state index in [0.717, 1.165) is 57.5 Å². The Morgan fingerprint density at radius 3 is 2.68 bits per heavy atom. The Bertz CT molecular complexity index is 818. The SMILES string of the molecule is CCc1ccc(CN2CCC(N3CCCC(C(=O)NCc4cccnc4)C3)CC2)nc1. The van der Waals surface area contributed by atoms with Gasteiger partial charge in [-0.3, -0.25) is 24.6 Å². The van der Waals surface area contributed by atoms with Crippen molar-refractivity contribution in [1.82, 2.24) is 25.1 Å². The van der Waals surface area contributed by atoms with Gasteiger partial charge in [0.15, 0.2) is 0 Å².